The number of nitrogens with zero attached hydrogens (tertiary/aromatic N) is 1. The number of aromatic nitrogens is 1. The fraction of sp³-hybridized carbons (Fsp3) is 0.294. The number of rotatable bonds is 6. The second-order valence-electron chi connectivity index (χ2n) is 5.54. The molecule has 0 aliphatic carbocycles. The monoisotopic (exact) mass is 388 g/mol. The van der Waals surface area contributed by atoms with E-state index in [1.165, 1.54) is 18.2 Å². The normalized spacial score (nSPS) is 11.3. The largest absolute Gasteiger partial charge is 0.502 e. The lowest BCUT2D eigenvalue weighted by Gasteiger charge is -2.14. The summed E-state index contributed by atoms with van der Waals surface area (Å²) in [5.41, 5.74) is -3.48. The molecule has 146 valence electrons. The van der Waals surface area contributed by atoms with E-state index in [4.69, 9.17) is 4.74 Å². The van der Waals surface area contributed by atoms with Crippen LogP contribution in [-0.2, 0) is 13.2 Å². The fourth-order valence-corrected chi connectivity index (χ4v) is 2.24. The third-order valence-corrected chi connectivity index (χ3v) is 3.64. The maximum absolute atomic E-state index is 13.4. The van der Waals surface area contributed by atoms with Crippen molar-refractivity contribution < 1.29 is 32.2 Å². The van der Waals surface area contributed by atoms with E-state index < -0.39 is 40.5 Å². The van der Waals surface area contributed by atoms with Gasteiger partial charge in [-0.2, -0.15) is 13.2 Å². The van der Waals surface area contributed by atoms with Crippen LogP contribution in [0.4, 0.5) is 17.6 Å². The van der Waals surface area contributed by atoms with Gasteiger partial charge in [-0.25, -0.2) is 4.39 Å². The molecule has 0 aliphatic rings. The SMILES string of the molecule is Cn1c(C(F)(F)F)cc(C(=O)NCCCOc2ccccc2F)c(O)c1=O. The van der Waals surface area contributed by atoms with Crippen molar-refractivity contribution >= 4 is 5.91 Å². The Morgan fingerprint density at radius 1 is 1.30 bits per heavy atom. The zero-order valence-electron chi connectivity index (χ0n) is 14.1. The Balaban J connectivity index is 1.99. The van der Waals surface area contributed by atoms with Crippen LogP contribution in [0, 0.1) is 5.82 Å². The van der Waals surface area contributed by atoms with Gasteiger partial charge in [-0.1, -0.05) is 12.1 Å². The van der Waals surface area contributed by atoms with Gasteiger partial charge in [0.25, 0.3) is 11.5 Å². The molecule has 0 fully saturated rings. The first-order valence-electron chi connectivity index (χ1n) is 7.78. The van der Waals surface area contributed by atoms with Crippen molar-refractivity contribution in [2.45, 2.75) is 12.6 Å². The molecule has 1 heterocycles. The maximum atomic E-state index is 13.4. The number of carbonyl (C=O) groups is 1. The molecular formula is C17H16F4N2O4. The Bertz CT molecular complexity index is 893. The van der Waals surface area contributed by atoms with E-state index >= 15 is 0 Å². The molecule has 0 saturated heterocycles. The first-order valence-corrected chi connectivity index (χ1v) is 7.78. The quantitative estimate of drug-likeness (QED) is 0.589. The Hall–Kier alpha value is -3.04. The molecule has 2 aromatic rings. The minimum Gasteiger partial charge on any atom is -0.502 e. The highest BCUT2D eigenvalue weighted by Gasteiger charge is 2.36. The second-order valence-corrected chi connectivity index (χ2v) is 5.54. The molecule has 2 rings (SSSR count). The summed E-state index contributed by atoms with van der Waals surface area (Å²) in [6.07, 6.45) is -4.65. The number of alkyl halides is 3. The molecule has 1 aromatic carbocycles. The molecule has 27 heavy (non-hydrogen) atoms. The number of nitrogens with one attached hydrogen (secondary N) is 1. The van der Waals surface area contributed by atoms with E-state index in [0.29, 0.717) is 6.07 Å². The van der Waals surface area contributed by atoms with Crippen LogP contribution in [0.3, 0.4) is 0 Å². The van der Waals surface area contributed by atoms with Crippen LogP contribution < -0.4 is 15.6 Å². The molecule has 0 bridgehead atoms. The standard InChI is InChI=1S/C17H16F4N2O4/c1-23-13(17(19,20)21)9-10(14(24)16(23)26)15(25)22-7-4-8-27-12-6-3-2-5-11(12)18/h2-3,5-6,9,24H,4,7-8H2,1H3,(H,22,25). The highest BCUT2D eigenvalue weighted by Crippen LogP contribution is 2.30. The Morgan fingerprint density at radius 3 is 2.59 bits per heavy atom. The van der Waals surface area contributed by atoms with E-state index in [2.05, 4.69) is 5.32 Å². The summed E-state index contributed by atoms with van der Waals surface area (Å²) in [6.45, 7) is 0.0147. The number of para-hydroxylation sites is 1. The lowest BCUT2D eigenvalue weighted by Crippen LogP contribution is -2.31. The van der Waals surface area contributed by atoms with Crippen LogP contribution in [-0.4, -0.2) is 28.7 Å². The average Bonchev–Trinajstić information content (AvgIpc) is 2.59. The third kappa shape index (κ3) is 4.78. The van der Waals surface area contributed by atoms with E-state index in [1.807, 2.05) is 0 Å². The van der Waals surface area contributed by atoms with E-state index in [9.17, 15) is 32.3 Å². The van der Waals surface area contributed by atoms with Crippen molar-refractivity contribution in [3.05, 3.63) is 57.8 Å². The zero-order valence-corrected chi connectivity index (χ0v) is 14.1. The van der Waals surface area contributed by atoms with Gasteiger partial charge >= 0.3 is 6.18 Å². The summed E-state index contributed by atoms with van der Waals surface area (Å²) in [7, 11) is 0.840. The van der Waals surface area contributed by atoms with Crippen LogP contribution in [0.15, 0.2) is 35.1 Å². The number of ether oxygens (including phenoxy) is 1. The van der Waals surface area contributed by atoms with Gasteiger partial charge < -0.3 is 19.7 Å². The third-order valence-electron chi connectivity index (χ3n) is 3.64. The van der Waals surface area contributed by atoms with Crippen LogP contribution in [0.1, 0.15) is 22.5 Å². The number of pyridine rings is 1. The van der Waals surface area contributed by atoms with Crippen LogP contribution in [0.2, 0.25) is 0 Å². The van der Waals surface area contributed by atoms with Gasteiger partial charge in [0.05, 0.1) is 12.2 Å². The Morgan fingerprint density at radius 2 is 1.96 bits per heavy atom. The minimum absolute atomic E-state index is 0.0245. The number of halogens is 4. The zero-order chi connectivity index (χ0) is 20.2. The summed E-state index contributed by atoms with van der Waals surface area (Å²) >= 11 is 0. The van der Waals surface area contributed by atoms with Crippen molar-refractivity contribution in [1.82, 2.24) is 9.88 Å². The Labute approximate surface area is 151 Å². The van der Waals surface area contributed by atoms with Gasteiger partial charge in [0.1, 0.15) is 5.69 Å². The lowest BCUT2D eigenvalue weighted by atomic mass is 10.1. The molecule has 10 heteroatoms. The van der Waals surface area contributed by atoms with Crippen molar-refractivity contribution in [1.29, 1.82) is 0 Å². The van der Waals surface area contributed by atoms with Gasteiger partial charge in [-0.05, 0) is 24.6 Å². The number of benzene rings is 1. The molecule has 0 unspecified atom stereocenters. The minimum atomic E-state index is -4.87. The van der Waals surface area contributed by atoms with E-state index in [-0.39, 0.29) is 29.9 Å². The van der Waals surface area contributed by atoms with Crippen LogP contribution in [0.5, 0.6) is 11.5 Å². The lowest BCUT2D eigenvalue weighted by molar-refractivity contribution is -0.143. The molecule has 1 amide bonds. The van der Waals surface area contributed by atoms with Crippen molar-refractivity contribution in [2.75, 3.05) is 13.2 Å². The molecule has 1 aromatic heterocycles. The topological polar surface area (TPSA) is 80.6 Å². The number of amides is 1. The number of hydrogen-bond donors (Lipinski definition) is 2. The van der Waals surface area contributed by atoms with E-state index in [1.54, 1.807) is 6.07 Å². The molecule has 0 aliphatic heterocycles. The van der Waals surface area contributed by atoms with Gasteiger partial charge in [0, 0.05) is 13.6 Å². The molecule has 2 N–H and O–H groups in total. The van der Waals surface area contributed by atoms with Crippen molar-refractivity contribution in [3.63, 3.8) is 0 Å². The second kappa shape index (κ2) is 8.11. The van der Waals surface area contributed by atoms with Gasteiger partial charge in [-0.3, -0.25) is 9.59 Å². The summed E-state index contributed by atoms with van der Waals surface area (Å²) in [6, 6.07) is 6.12. The van der Waals surface area contributed by atoms with Gasteiger partial charge in [0.15, 0.2) is 17.3 Å². The molecule has 0 radical (unpaired) electrons. The Kier molecular flexibility index (Phi) is 6.09. The van der Waals surface area contributed by atoms with Crippen molar-refractivity contribution in [2.24, 2.45) is 7.05 Å². The smallest absolute Gasteiger partial charge is 0.431 e. The average molecular weight is 388 g/mol. The molecular weight excluding hydrogens is 372 g/mol. The van der Waals surface area contributed by atoms with Gasteiger partial charge in [0.2, 0.25) is 0 Å². The number of carbonyl (C=O) groups excluding carboxylic acids is 1. The van der Waals surface area contributed by atoms with Crippen LogP contribution >= 0.6 is 0 Å². The predicted octanol–water partition coefficient (Wildman–Crippen LogP) is 2.45. The van der Waals surface area contributed by atoms with Crippen LogP contribution in [0.25, 0.3) is 0 Å². The summed E-state index contributed by atoms with van der Waals surface area (Å²) in [5.74, 6) is -2.64. The first kappa shape index (κ1) is 20.3. The highest BCUT2D eigenvalue weighted by atomic mass is 19.4. The molecule has 6 nitrogen and oxygen atoms in total. The van der Waals surface area contributed by atoms with Crippen molar-refractivity contribution in [3.8, 4) is 11.5 Å². The molecule has 0 atom stereocenters. The summed E-state index contributed by atoms with van der Waals surface area (Å²) in [4.78, 5) is 23.7. The van der Waals surface area contributed by atoms with E-state index in [0.717, 1.165) is 7.05 Å². The molecule has 0 saturated carbocycles. The summed E-state index contributed by atoms with van der Waals surface area (Å²) < 4.78 is 57.5. The number of aromatic hydroxyl groups is 1. The predicted molar refractivity (Wildman–Crippen MR) is 87.2 cm³/mol. The van der Waals surface area contributed by atoms with Gasteiger partial charge in [-0.15, -0.1) is 0 Å². The summed E-state index contributed by atoms with van der Waals surface area (Å²) in [5, 5.41) is 12.0. The first-order chi connectivity index (χ1) is 12.6. The maximum Gasteiger partial charge on any atom is 0.431 e. The highest BCUT2D eigenvalue weighted by molar-refractivity contribution is 5.96. The number of hydrogen-bond acceptors (Lipinski definition) is 4. The molecule has 0 spiro atoms. The fourth-order valence-electron chi connectivity index (χ4n) is 2.24.